The Morgan fingerprint density at radius 3 is 2.65 bits per heavy atom. The van der Waals surface area contributed by atoms with E-state index in [1.807, 2.05) is 0 Å². The molecule has 1 aliphatic rings. The third-order valence-corrected chi connectivity index (χ3v) is 3.61. The minimum atomic E-state index is 0.0218. The lowest BCUT2D eigenvalue weighted by Gasteiger charge is -2.41. The van der Waals surface area contributed by atoms with Crippen molar-refractivity contribution < 1.29 is 14.6 Å². The van der Waals surface area contributed by atoms with Crippen LogP contribution in [0.4, 0.5) is 0 Å². The summed E-state index contributed by atoms with van der Waals surface area (Å²) in [6.45, 7) is 1.99. The zero-order valence-electron chi connectivity index (χ0n) is 10.7. The number of hydrogen-bond acceptors (Lipinski definition) is 4. The largest absolute Gasteiger partial charge is 0.394 e. The molecule has 0 aromatic heterocycles. The second-order valence-electron chi connectivity index (χ2n) is 4.89. The Morgan fingerprint density at radius 2 is 2.18 bits per heavy atom. The predicted octanol–water partition coefficient (Wildman–Crippen LogP) is -0.0272. The number of carbonyl (C=O) groups excluding carboxylic acids is 1. The quantitative estimate of drug-likeness (QED) is 0.588. The van der Waals surface area contributed by atoms with E-state index in [-0.39, 0.29) is 17.9 Å². The Labute approximate surface area is 103 Å². The number of aliphatic hydroxyl groups excluding tert-OH is 1. The minimum absolute atomic E-state index is 0.0218. The molecule has 0 unspecified atom stereocenters. The fraction of sp³-hybridized carbons (Fsp3) is 0.917. The van der Waals surface area contributed by atoms with Gasteiger partial charge in [-0.05, 0) is 24.8 Å². The van der Waals surface area contributed by atoms with Gasteiger partial charge in [0.25, 0.3) is 0 Å². The topological polar surface area (TPSA) is 75.8 Å². The number of carbonyl (C=O) groups is 1. The van der Waals surface area contributed by atoms with Crippen LogP contribution < -0.4 is 5.73 Å². The first kappa shape index (κ1) is 14.4. The highest BCUT2D eigenvalue weighted by molar-refractivity contribution is 5.76. The summed E-state index contributed by atoms with van der Waals surface area (Å²) in [4.78, 5) is 13.6. The van der Waals surface area contributed by atoms with Gasteiger partial charge in [-0.3, -0.25) is 4.79 Å². The van der Waals surface area contributed by atoms with Crippen LogP contribution in [-0.4, -0.2) is 55.9 Å². The molecule has 3 N–H and O–H groups in total. The van der Waals surface area contributed by atoms with Crippen molar-refractivity contribution >= 4 is 5.91 Å². The van der Waals surface area contributed by atoms with Gasteiger partial charge < -0.3 is 20.5 Å². The van der Waals surface area contributed by atoms with Crippen molar-refractivity contribution in [1.82, 2.24) is 4.90 Å². The number of amides is 1. The van der Waals surface area contributed by atoms with Crippen LogP contribution in [0.3, 0.4) is 0 Å². The van der Waals surface area contributed by atoms with Gasteiger partial charge in [0.2, 0.25) is 5.91 Å². The van der Waals surface area contributed by atoms with E-state index in [9.17, 15) is 4.79 Å². The van der Waals surface area contributed by atoms with E-state index in [0.717, 1.165) is 12.8 Å². The van der Waals surface area contributed by atoms with Crippen LogP contribution in [-0.2, 0) is 9.53 Å². The van der Waals surface area contributed by atoms with E-state index in [0.29, 0.717) is 32.7 Å². The van der Waals surface area contributed by atoms with Crippen LogP contribution >= 0.6 is 0 Å². The van der Waals surface area contributed by atoms with Gasteiger partial charge >= 0.3 is 0 Å². The summed E-state index contributed by atoms with van der Waals surface area (Å²) in [5.41, 5.74) is 5.80. The first-order chi connectivity index (χ1) is 8.13. The van der Waals surface area contributed by atoms with Gasteiger partial charge in [0, 0.05) is 20.0 Å². The SMILES string of the molecule is CN(CCOCCO)C(=O)CC1(CN)CCC1. The molecule has 0 aliphatic heterocycles. The fourth-order valence-corrected chi connectivity index (χ4v) is 2.08. The third kappa shape index (κ3) is 4.26. The maximum Gasteiger partial charge on any atom is 0.222 e. The van der Waals surface area contributed by atoms with E-state index < -0.39 is 0 Å². The van der Waals surface area contributed by atoms with Crippen molar-refractivity contribution in [1.29, 1.82) is 0 Å². The molecular formula is C12H24N2O3. The monoisotopic (exact) mass is 244 g/mol. The van der Waals surface area contributed by atoms with Crippen molar-refractivity contribution in [3.8, 4) is 0 Å². The van der Waals surface area contributed by atoms with Gasteiger partial charge in [-0.25, -0.2) is 0 Å². The number of hydrogen-bond donors (Lipinski definition) is 2. The molecule has 100 valence electrons. The highest BCUT2D eigenvalue weighted by atomic mass is 16.5. The van der Waals surface area contributed by atoms with E-state index in [4.69, 9.17) is 15.6 Å². The Kier molecular flexibility index (Phi) is 5.88. The summed E-state index contributed by atoms with van der Waals surface area (Å²) >= 11 is 0. The van der Waals surface area contributed by atoms with Crippen molar-refractivity contribution in [2.75, 3.05) is 40.0 Å². The number of ether oxygens (including phenoxy) is 1. The first-order valence-electron chi connectivity index (χ1n) is 6.26. The molecule has 1 fully saturated rings. The van der Waals surface area contributed by atoms with E-state index in [2.05, 4.69) is 0 Å². The average molecular weight is 244 g/mol. The molecule has 0 radical (unpaired) electrons. The molecule has 0 atom stereocenters. The molecule has 1 amide bonds. The molecule has 1 rings (SSSR count). The summed E-state index contributed by atoms with van der Waals surface area (Å²) in [7, 11) is 1.79. The van der Waals surface area contributed by atoms with Gasteiger partial charge in [-0.1, -0.05) is 6.42 Å². The third-order valence-electron chi connectivity index (χ3n) is 3.61. The maximum absolute atomic E-state index is 11.9. The molecule has 0 saturated heterocycles. The second-order valence-corrected chi connectivity index (χ2v) is 4.89. The van der Waals surface area contributed by atoms with Crippen LogP contribution in [0.25, 0.3) is 0 Å². The molecule has 0 aromatic carbocycles. The molecule has 1 saturated carbocycles. The number of rotatable bonds is 8. The van der Waals surface area contributed by atoms with Crippen LogP contribution in [0.1, 0.15) is 25.7 Å². The Bertz CT molecular complexity index is 236. The minimum Gasteiger partial charge on any atom is -0.394 e. The van der Waals surface area contributed by atoms with E-state index in [1.54, 1.807) is 11.9 Å². The molecular weight excluding hydrogens is 220 g/mol. The van der Waals surface area contributed by atoms with E-state index in [1.165, 1.54) is 6.42 Å². The zero-order chi connectivity index (χ0) is 12.7. The average Bonchev–Trinajstić information content (AvgIpc) is 2.28. The summed E-state index contributed by atoms with van der Waals surface area (Å²) in [6, 6.07) is 0. The van der Waals surface area contributed by atoms with Crippen LogP contribution in [0.2, 0.25) is 0 Å². The molecule has 0 spiro atoms. The maximum atomic E-state index is 11.9. The predicted molar refractivity (Wildman–Crippen MR) is 65.5 cm³/mol. The summed E-state index contributed by atoms with van der Waals surface area (Å²) in [5.74, 6) is 0.141. The lowest BCUT2D eigenvalue weighted by atomic mass is 9.66. The number of likely N-dealkylation sites (N-methyl/N-ethyl adjacent to an activating group) is 1. The van der Waals surface area contributed by atoms with Crippen molar-refractivity contribution in [2.24, 2.45) is 11.1 Å². The summed E-state index contributed by atoms with van der Waals surface area (Å²) in [6.07, 6.45) is 3.89. The number of aliphatic hydroxyl groups is 1. The highest BCUT2D eigenvalue weighted by Gasteiger charge is 2.38. The fourth-order valence-electron chi connectivity index (χ4n) is 2.08. The van der Waals surface area contributed by atoms with Crippen molar-refractivity contribution in [3.63, 3.8) is 0 Å². The second kappa shape index (κ2) is 6.93. The molecule has 0 bridgehead atoms. The van der Waals surface area contributed by atoms with Gasteiger partial charge in [-0.2, -0.15) is 0 Å². The molecule has 0 heterocycles. The smallest absolute Gasteiger partial charge is 0.222 e. The van der Waals surface area contributed by atoms with Gasteiger partial charge in [0.1, 0.15) is 0 Å². The van der Waals surface area contributed by atoms with E-state index >= 15 is 0 Å². The summed E-state index contributed by atoms with van der Waals surface area (Å²) < 4.78 is 5.13. The lowest BCUT2D eigenvalue weighted by Crippen LogP contribution is -2.43. The summed E-state index contributed by atoms with van der Waals surface area (Å²) in [5, 5.41) is 8.55. The first-order valence-corrected chi connectivity index (χ1v) is 6.26. The highest BCUT2D eigenvalue weighted by Crippen LogP contribution is 2.43. The standard InChI is InChI=1S/C12H24N2O3/c1-14(5-7-17-8-6-15)11(16)9-12(10-13)3-2-4-12/h15H,2-10,13H2,1H3. The van der Waals surface area contributed by atoms with Crippen LogP contribution in [0.15, 0.2) is 0 Å². The molecule has 0 aromatic rings. The van der Waals surface area contributed by atoms with Crippen molar-refractivity contribution in [2.45, 2.75) is 25.7 Å². The van der Waals surface area contributed by atoms with Crippen LogP contribution in [0.5, 0.6) is 0 Å². The van der Waals surface area contributed by atoms with Crippen LogP contribution in [0, 0.1) is 5.41 Å². The Hall–Kier alpha value is -0.650. The number of nitrogens with zero attached hydrogens (tertiary/aromatic N) is 1. The molecule has 1 aliphatic carbocycles. The normalized spacial score (nSPS) is 17.6. The molecule has 17 heavy (non-hydrogen) atoms. The van der Waals surface area contributed by atoms with Gasteiger partial charge in [0.15, 0.2) is 0 Å². The van der Waals surface area contributed by atoms with Gasteiger partial charge in [0.05, 0.1) is 19.8 Å². The zero-order valence-corrected chi connectivity index (χ0v) is 10.7. The lowest BCUT2D eigenvalue weighted by molar-refractivity contribution is -0.134. The Morgan fingerprint density at radius 1 is 1.47 bits per heavy atom. The molecule has 5 heteroatoms. The van der Waals surface area contributed by atoms with Gasteiger partial charge in [-0.15, -0.1) is 0 Å². The number of nitrogens with two attached hydrogens (primary N) is 1. The molecule has 5 nitrogen and oxygen atoms in total. The van der Waals surface area contributed by atoms with Crippen molar-refractivity contribution in [3.05, 3.63) is 0 Å². The Balaban J connectivity index is 2.22.